The normalized spacial score (nSPS) is 10.3. The van der Waals surface area contributed by atoms with Gasteiger partial charge in [0.15, 0.2) is 5.78 Å². The molecule has 4 nitrogen and oxygen atoms in total. The summed E-state index contributed by atoms with van der Waals surface area (Å²) in [4.78, 5) is 25.9. The monoisotopic (exact) mass is 215 g/mol. The summed E-state index contributed by atoms with van der Waals surface area (Å²) in [6.45, 7) is 1.48. The molecular weight excluding hydrogens is 206 g/mol. The fraction of sp³-hybridized carbons (Fsp3) is 0.0833. The van der Waals surface area contributed by atoms with Crippen molar-refractivity contribution in [3.8, 4) is 0 Å². The first-order chi connectivity index (χ1) is 7.58. The van der Waals surface area contributed by atoms with E-state index in [9.17, 15) is 9.59 Å². The van der Waals surface area contributed by atoms with Gasteiger partial charge in [-0.1, -0.05) is 12.1 Å². The van der Waals surface area contributed by atoms with Gasteiger partial charge in [-0.15, -0.1) is 0 Å². The predicted molar refractivity (Wildman–Crippen MR) is 58.7 cm³/mol. The van der Waals surface area contributed by atoms with E-state index in [2.05, 4.69) is 4.98 Å². The van der Waals surface area contributed by atoms with Crippen molar-refractivity contribution in [2.75, 3.05) is 0 Å². The zero-order valence-electron chi connectivity index (χ0n) is 8.60. The lowest BCUT2D eigenvalue weighted by atomic mass is 10.1. The number of Topliss-reactive ketones (excluding diaryl/α,β-unsaturated/α-hetero) is 1. The molecule has 0 fully saturated rings. The van der Waals surface area contributed by atoms with Crippen LogP contribution >= 0.6 is 0 Å². The van der Waals surface area contributed by atoms with Crippen molar-refractivity contribution in [1.29, 1.82) is 0 Å². The lowest BCUT2D eigenvalue weighted by Crippen LogP contribution is -1.98. The highest BCUT2D eigenvalue weighted by molar-refractivity contribution is 5.99. The Morgan fingerprint density at radius 3 is 2.56 bits per heavy atom. The number of carbonyl (C=O) groups is 2. The largest absolute Gasteiger partial charge is 0.478 e. The third kappa shape index (κ3) is 1.77. The van der Waals surface area contributed by atoms with Crippen molar-refractivity contribution in [3.63, 3.8) is 0 Å². The molecule has 0 spiro atoms. The van der Waals surface area contributed by atoms with E-state index in [4.69, 9.17) is 5.11 Å². The van der Waals surface area contributed by atoms with E-state index in [1.165, 1.54) is 19.2 Å². The Hall–Kier alpha value is -2.23. The average Bonchev–Trinajstić information content (AvgIpc) is 2.27. The highest BCUT2D eigenvalue weighted by atomic mass is 16.4. The number of carboxylic acids is 1. The number of benzene rings is 1. The predicted octanol–water partition coefficient (Wildman–Crippen LogP) is 2.14. The molecule has 0 aliphatic rings. The molecule has 16 heavy (non-hydrogen) atoms. The average molecular weight is 215 g/mol. The summed E-state index contributed by atoms with van der Waals surface area (Å²) in [7, 11) is 0. The van der Waals surface area contributed by atoms with Gasteiger partial charge in [0, 0.05) is 17.1 Å². The van der Waals surface area contributed by atoms with Crippen molar-refractivity contribution in [3.05, 3.63) is 41.6 Å². The lowest BCUT2D eigenvalue weighted by Gasteiger charge is -2.01. The minimum Gasteiger partial charge on any atom is -0.478 e. The first kappa shape index (κ1) is 10.3. The van der Waals surface area contributed by atoms with Gasteiger partial charge in [0.25, 0.3) is 0 Å². The first-order valence-electron chi connectivity index (χ1n) is 4.72. The number of nitrogens with zero attached hydrogens (tertiary/aromatic N) is 1. The van der Waals surface area contributed by atoms with Crippen molar-refractivity contribution in [1.82, 2.24) is 4.98 Å². The van der Waals surface area contributed by atoms with Gasteiger partial charge in [0.2, 0.25) is 0 Å². The number of hydrogen-bond donors (Lipinski definition) is 1. The van der Waals surface area contributed by atoms with Gasteiger partial charge in [-0.2, -0.15) is 0 Å². The van der Waals surface area contributed by atoms with Crippen molar-refractivity contribution < 1.29 is 14.7 Å². The number of carboxylic acid groups (broad SMARTS) is 1. The maximum absolute atomic E-state index is 11.1. The second-order valence-electron chi connectivity index (χ2n) is 3.49. The molecule has 1 aromatic heterocycles. The zero-order chi connectivity index (χ0) is 11.7. The summed E-state index contributed by atoms with van der Waals surface area (Å²) in [5.74, 6) is -1.05. The fourth-order valence-electron chi connectivity index (χ4n) is 1.46. The second kappa shape index (κ2) is 3.73. The summed E-state index contributed by atoms with van der Waals surface area (Å²) >= 11 is 0. The van der Waals surface area contributed by atoms with Crippen molar-refractivity contribution >= 4 is 22.7 Å². The first-order valence-corrected chi connectivity index (χ1v) is 4.72. The minimum absolute atomic E-state index is 0.0361. The molecule has 2 rings (SSSR count). The van der Waals surface area contributed by atoms with E-state index < -0.39 is 5.97 Å². The van der Waals surface area contributed by atoms with Gasteiger partial charge in [-0.25, -0.2) is 4.79 Å². The molecule has 1 N–H and O–H groups in total. The van der Waals surface area contributed by atoms with Crippen LogP contribution < -0.4 is 0 Å². The van der Waals surface area contributed by atoms with Gasteiger partial charge in [0.1, 0.15) is 0 Å². The van der Waals surface area contributed by atoms with Gasteiger partial charge >= 0.3 is 5.97 Å². The number of aromatic carboxylic acids is 1. The lowest BCUT2D eigenvalue weighted by molar-refractivity contribution is 0.0696. The van der Waals surface area contributed by atoms with Crippen LogP contribution in [0.2, 0.25) is 0 Å². The van der Waals surface area contributed by atoms with Gasteiger partial charge in [-0.05, 0) is 19.1 Å². The Bertz CT molecular complexity index is 537. The zero-order valence-corrected chi connectivity index (χ0v) is 8.60. The third-order valence-corrected chi connectivity index (χ3v) is 2.34. The minimum atomic E-state index is -1.01. The number of fused-ring (bicyclic) bond motifs is 1. The third-order valence-electron chi connectivity index (χ3n) is 2.34. The SMILES string of the molecule is CC(=O)c1ccc2cc(C(=O)O)cnc2c1. The van der Waals surface area contributed by atoms with E-state index in [0.29, 0.717) is 16.5 Å². The molecule has 0 radical (unpaired) electrons. The Kier molecular flexibility index (Phi) is 2.40. The quantitative estimate of drug-likeness (QED) is 0.779. The molecule has 0 aliphatic heterocycles. The van der Waals surface area contributed by atoms with Crippen molar-refractivity contribution in [2.45, 2.75) is 6.92 Å². The van der Waals surface area contributed by atoms with E-state index >= 15 is 0 Å². The molecule has 0 amide bonds. The van der Waals surface area contributed by atoms with Gasteiger partial charge in [-0.3, -0.25) is 9.78 Å². The Morgan fingerprint density at radius 2 is 1.94 bits per heavy atom. The number of rotatable bonds is 2. The van der Waals surface area contributed by atoms with Crippen LogP contribution in [0.3, 0.4) is 0 Å². The molecule has 0 atom stereocenters. The van der Waals surface area contributed by atoms with Gasteiger partial charge in [0.05, 0.1) is 11.1 Å². The van der Waals surface area contributed by atoms with Crippen LogP contribution in [0, 0.1) is 0 Å². The van der Waals surface area contributed by atoms with Crippen LogP contribution in [0.25, 0.3) is 10.9 Å². The molecular formula is C12H9NO3. The molecule has 1 heterocycles. The van der Waals surface area contributed by atoms with Gasteiger partial charge < -0.3 is 5.11 Å². The molecule has 0 saturated carbocycles. The van der Waals surface area contributed by atoms with Crippen LogP contribution in [-0.4, -0.2) is 21.8 Å². The number of carbonyl (C=O) groups excluding carboxylic acids is 1. The highest BCUT2D eigenvalue weighted by Crippen LogP contribution is 2.15. The Balaban J connectivity index is 2.61. The van der Waals surface area contributed by atoms with E-state index in [1.807, 2.05) is 0 Å². The van der Waals surface area contributed by atoms with Crippen LogP contribution in [0.1, 0.15) is 27.6 Å². The molecule has 0 aliphatic carbocycles. The Morgan fingerprint density at radius 1 is 1.19 bits per heavy atom. The number of ketones is 1. The summed E-state index contributed by atoms with van der Waals surface area (Å²) in [6.07, 6.45) is 1.29. The maximum atomic E-state index is 11.1. The van der Waals surface area contributed by atoms with Crippen LogP contribution in [0.5, 0.6) is 0 Å². The van der Waals surface area contributed by atoms with Crippen LogP contribution in [0.15, 0.2) is 30.5 Å². The maximum Gasteiger partial charge on any atom is 0.337 e. The summed E-state index contributed by atoms with van der Waals surface area (Å²) in [6, 6.07) is 6.56. The number of hydrogen-bond acceptors (Lipinski definition) is 3. The number of pyridine rings is 1. The standard InChI is InChI=1S/C12H9NO3/c1-7(14)8-2-3-9-4-10(12(15)16)6-13-11(9)5-8/h2-6H,1H3,(H,15,16). The fourth-order valence-corrected chi connectivity index (χ4v) is 1.46. The molecule has 1 aromatic carbocycles. The molecule has 2 aromatic rings. The molecule has 0 unspecified atom stereocenters. The van der Waals surface area contributed by atoms with E-state index in [-0.39, 0.29) is 11.3 Å². The van der Waals surface area contributed by atoms with Crippen LogP contribution in [-0.2, 0) is 0 Å². The summed E-state index contributed by atoms with van der Waals surface area (Å²) < 4.78 is 0. The summed E-state index contributed by atoms with van der Waals surface area (Å²) in [5, 5.41) is 9.51. The molecule has 80 valence electrons. The molecule has 0 bridgehead atoms. The molecule has 0 saturated heterocycles. The summed E-state index contributed by atoms with van der Waals surface area (Å²) in [5.41, 5.74) is 1.34. The number of aromatic nitrogens is 1. The smallest absolute Gasteiger partial charge is 0.337 e. The van der Waals surface area contributed by atoms with Crippen LogP contribution in [0.4, 0.5) is 0 Å². The topological polar surface area (TPSA) is 67.3 Å². The highest BCUT2D eigenvalue weighted by Gasteiger charge is 2.06. The van der Waals surface area contributed by atoms with E-state index in [0.717, 1.165) is 0 Å². The van der Waals surface area contributed by atoms with E-state index in [1.54, 1.807) is 18.2 Å². The second-order valence-corrected chi connectivity index (χ2v) is 3.49. The van der Waals surface area contributed by atoms with Crippen molar-refractivity contribution in [2.24, 2.45) is 0 Å². The molecule has 4 heteroatoms. The Labute approximate surface area is 91.5 Å².